The van der Waals surface area contributed by atoms with E-state index in [1.54, 1.807) is 6.07 Å². The molecule has 0 atom stereocenters. The van der Waals surface area contributed by atoms with Crippen molar-refractivity contribution in [3.8, 4) is 0 Å². The van der Waals surface area contributed by atoms with Gasteiger partial charge in [-0.25, -0.2) is 0 Å². The van der Waals surface area contributed by atoms with Crippen molar-refractivity contribution in [2.24, 2.45) is 0 Å². The number of aryl methyl sites for hydroxylation is 2. The fourth-order valence-corrected chi connectivity index (χ4v) is 3.88. The van der Waals surface area contributed by atoms with E-state index < -0.39 is 10.1 Å². The Kier molecular flexibility index (Phi) is 6.81. The van der Waals surface area contributed by atoms with Gasteiger partial charge in [-0.3, -0.25) is 4.55 Å². The van der Waals surface area contributed by atoms with E-state index in [0.29, 0.717) is 5.39 Å². The van der Waals surface area contributed by atoms with Crippen LogP contribution in [0.4, 0.5) is 0 Å². The molecule has 0 aliphatic rings. The Bertz CT molecular complexity index is 774. The fourth-order valence-electron chi connectivity index (χ4n) is 3.12. The summed E-state index contributed by atoms with van der Waals surface area (Å²) in [7, 11) is -4.22. The number of hydrogen-bond acceptors (Lipinski definition) is 2. The van der Waals surface area contributed by atoms with Crippen LogP contribution in [0.15, 0.2) is 35.2 Å². The average Bonchev–Trinajstić information content (AvgIpc) is 2.53. The summed E-state index contributed by atoms with van der Waals surface area (Å²) >= 11 is 0. The molecule has 0 heterocycles. The molecule has 0 unspecified atom stereocenters. The second-order valence-corrected chi connectivity index (χ2v) is 7.93. The molecule has 132 valence electrons. The summed E-state index contributed by atoms with van der Waals surface area (Å²) < 4.78 is 33.2. The van der Waals surface area contributed by atoms with Gasteiger partial charge in [0.05, 0.1) is 0 Å². The van der Waals surface area contributed by atoms with Crippen molar-refractivity contribution in [1.82, 2.24) is 0 Å². The van der Waals surface area contributed by atoms with Gasteiger partial charge in [0.1, 0.15) is 4.90 Å². The van der Waals surface area contributed by atoms with E-state index >= 15 is 0 Å². The smallest absolute Gasteiger partial charge is 0.282 e. The number of hydrogen-bond donors (Lipinski definition) is 1. The first kappa shape index (κ1) is 18.9. The zero-order chi connectivity index (χ0) is 17.6. The highest BCUT2D eigenvalue weighted by atomic mass is 32.2. The Morgan fingerprint density at radius 1 is 0.833 bits per heavy atom. The Morgan fingerprint density at radius 3 is 2.00 bits per heavy atom. The van der Waals surface area contributed by atoms with Crippen molar-refractivity contribution in [3.63, 3.8) is 0 Å². The summed E-state index contributed by atoms with van der Waals surface area (Å²) in [5.74, 6) is 0. The molecule has 0 bridgehead atoms. The third-order valence-corrected chi connectivity index (χ3v) is 5.35. The molecule has 4 heteroatoms. The lowest BCUT2D eigenvalue weighted by Crippen LogP contribution is -2.01. The van der Waals surface area contributed by atoms with Crippen LogP contribution in [0, 0.1) is 0 Å². The molecule has 0 aromatic heterocycles. The normalized spacial score (nSPS) is 12.0. The van der Waals surface area contributed by atoms with Crippen molar-refractivity contribution in [3.05, 3.63) is 41.5 Å². The zero-order valence-electron chi connectivity index (χ0n) is 14.7. The minimum absolute atomic E-state index is 0.0339. The van der Waals surface area contributed by atoms with Crippen LogP contribution in [-0.4, -0.2) is 13.0 Å². The predicted molar refractivity (Wildman–Crippen MR) is 100 cm³/mol. The van der Waals surface area contributed by atoms with Gasteiger partial charge >= 0.3 is 0 Å². The van der Waals surface area contributed by atoms with E-state index in [9.17, 15) is 13.0 Å². The van der Waals surface area contributed by atoms with Crippen molar-refractivity contribution in [2.45, 2.75) is 70.1 Å². The van der Waals surface area contributed by atoms with Crippen LogP contribution >= 0.6 is 0 Å². The molecular weight excluding hydrogens is 320 g/mol. The maximum absolute atomic E-state index is 11.8. The van der Waals surface area contributed by atoms with Crippen molar-refractivity contribution in [2.75, 3.05) is 0 Å². The highest BCUT2D eigenvalue weighted by molar-refractivity contribution is 7.86. The molecule has 0 amide bonds. The molecule has 3 nitrogen and oxygen atoms in total. The van der Waals surface area contributed by atoms with Crippen LogP contribution in [0.25, 0.3) is 10.8 Å². The Morgan fingerprint density at radius 2 is 1.42 bits per heavy atom. The largest absolute Gasteiger partial charge is 0.295 e. The van der Waals surface area contributed by atoms with E-state index in [1.807, 2.05) is 12.1 Å². The molecule has 0 radical (unpaired) electrons. The third-order valence-electron chi connectivity index (χ3n) is 4.45. The maximum atomic E-state index is 11.8. The summed E-state index contributed by atoms with van der Waals surface area (Å²) in [4.78, 5) is 0.0339. The van der Waals surface area contributed by atoms with Gasteiger partial charge in [0, 0.05) is 5.39 Å². The van der Waals surface area contributed by atoms with Gasteiger partial charge in [-0.1, -0.05) is 63.8 Å². The second kappa shape index (κ2) is 8.63. The molecular formula is C20H28O3S. The molecule has 0 aliphatic heterocycles. The summed E-state index contributed by atoms with van der Waals surface area (Å²) in [5, 5.41) is 1.52. The van der Waals surface area contributed by atoms with Crippen molar-refractivity contribution < 1.29 is 13.0 Å². The van der Waals surface area contributed by atoms with Crippen LogP contribution in [0.2, 0.25) is 0 Å². The minimum atomic E-state index is -4.22. The van der Waals surface area contributed by atoms with Crippen LogP contribution in [0.3, 0.4) is 0 Å². The number of rotatable bonds is 9. The lowest BCUT2D eigenvalue weighted by atomic mass is 9.99. The summed E-state index contributed by atoms with van der Waals surface area (Å²) in [5.41, 5.74) is 2.21. The van der Waals surface area contributed by atoms with Gasteiger partial charge in [0.15, 0.2) is 0 Å². The molecule has 0 aliphatic carbocycles. The number of fused-ring (bicyclic) bond motifs is 1. The van der Waals surface area contributed by atoms with Crippen LogP contribution in [0.1, 0.15) is 63.5 Å². The maximum Gasteiger partial charge on any atom is 0.295 e. The SMILES string of the molecule is CCCCCc1ccc2c(S(=O)(=O)O)cc(CCCCC)cc2c1. The summed E-state index contributed by atoms with van der Waals surface area (Å²) in [6, 6.07) is 9.58. The summed E-state index contributed by atoms with van der Waals surface area (Å²) in [6.07, 6.45) is 8.65. The Labute approximate surface area is 145 Å². The van der Waals surface area contributed by atoms with Crippen LogP contribution in [0.5, 0.6) is 0 Å². The van der Waals surface area contributed by atoms with Crippen LogP contribution < -0.4 is 0 Å². The van der Waals surface area contributed by atoms with E-state index in [4.69, 9.17) is 0 Å². The van der Waals surface area contributed by atoms with E-state index in [2.05, 4.69) is 26.0 Å². The first-order valence-electron chi connectivity index (χ1n) is 8.98. The third kappa shape index (κ3) is 5.05. The molecule has 2 aromatic rings. The van der Waals surface area contributed by atoms with Crippen LogP contribution in [-0.2, 0) is 23.0 Å². The topological polar surface area (TPSA) is 54.4 Å². The number of benzene rings is 2. The first-order valence-corrected chi connectivity index (χ1v) is 10.4. The van der Waals surface area contributed by atoms with Gasteiger partial charge in [-0.15, -0.1) is 0 Å². The first-order chi connectivity index (χ1) is 11.5. The van der Waals surface area contributed by atoms with Crippen molar-refractivity contribution >= 4 is 20.9 Å². The second-order valence-electron chi connectivity index (χ2n) is 6.54. The quantitative estimate of drug-likeness (QED) is 0.477. The predicted octanol–water partition coefficient (Wildman–Crippen LogP) is 5.55. The standard InChI is InChI=1S/C20H28O3S/c1-3-5-7-9-16-11-12-19-18(13-16)14-17(10-8-6-4-2)15-20(19)24(21,22)23/h11-15H,3-10H2,1-2H3,(H,21,22,23). The van der Waals surface area contributed by atoms with Gasteiger partial charge in [0.25, 0.3) is 10.1 Å². The van der Waals surface area contributed by atoms with E-state index in [1.165, 1.54) is 18.4 Å². The highest BCUT2D eigenvalue weighted by Crippen LogP contribution is 2.27. The minimum Gasteiger partial charge on any atom is -0.282 e. The molecule has 2 rings (SSSR count). The Hall–Kier alpha value is -1.39. The molecule has 2 aromatic carbocycles. The summed E-state index contributed by atoms with van der Waals surface area (Å²) in [6.45, 7) is 4.33. The molecule has 0 spiro atoms. The molecule has 1 N–H and O–H groups in total. The molecule has 24 heavy (non-hydrogen) atoms. The lowest BCUT2D eigenvalue weighted by molar-refractivity contribution is 0.484. The van der Waals surface area contributed by atoms with Gasteiger partial charge < -0.3 is 0 Å². The van der Waals surface area contributed by atoms with Crippen molar-refractivity contribution in [1.29, 1.82) is 0 Å². The Balaban J connectivity index is 2.41. The number of unbranched alkanes of at least 4 members (excludes halogenated alkanes) is 4. The van der Waals surface area contributed by atoms with Gasteiger partial charge in [0.2, 0.25) is 0 Å². The highest BCUT2D eigenvalue weighted by Gasteiger charge is 2.15. The molecule has 0 saturated heterocycles. The van der Waals surface area contributed by atoms with Gasteiger partial charge in [-0.05, 0) is 48.3 Å². The van der Waals surface area contributed by atoms with E-state index in [0.717, 1.165) is 49.5 Å². The monoisotopic (exact) mass is 348 g/mol. The average molecular weight is 349 g/mol. The zero-order valence-corrected chi connectivity index (χ0v) is 15.5. The molecule has 0 fully saturated rings. The van der Waals surface area contributed by atoms with Gasteiger partial charge in [-0.2, -0.15) is 8.42 Å². The van der Waals surface area contributed by atoms with E-state index in [-0.39, 0.29) is 4.90 Å². The lowest BCUT2D eigenvalue weighted by Gasteiger charge is -2.10. The molecule has 0 saturated carbocycles. The fraction of sp³-hybridized carbons (Fsp3) is 0.500.